The van der Waals surface area contributed by atoms with Gasteiger partial charge in [0.1, 0.15) is 0 Å². The average molecular weight is 223 g/mol. The molecule has 0 saturated carbocycles. The summed E-state index contributed by atoms with van der Waals surface area (Å²) in [5, 5.41) is 13.8. The lowest BCUT2D eigenvalue weighted by atomic mass is 9.92. The van der Waals surface area contributed by atoms with Crippen LogP contribution in [0.2, 0.25) is 0 Å². The summed E-state index contributed by atoms with van der Waals surface area (Å²) in [5.74, 6) is -0.0166. The molecule has 6 heteroatoms. The Morgan fingerprint density at radius 3 is 2.36 bits per heavy atom. The molecule has 1 fully saturated rings. The molecule has 0 amide bonds. The van der Waals surface area contributed by atoms with Crippen LogP contribution >= 0.6 is 0 Å². The number of sulfonamides is 1. The van der Waals surface area contributed by atoms with E-state index in [-0.39, 0.29) is 5.92 Å². The maximum absolute atomic E-state index is 11.0. The molecule has 5 nitrogen and oxygen atoms in total. The van der Waals surface area contributed by atoms with E-state index in [9.17, 15) is 13.5 Å². The molecule has 2 atom stereocenters. The van der Waals surface area contributed by atoms with Crippen molar-refractivity contribution in [3.63, 3.8) is 0 Å². The third-order valence-electron chi connectivity index (χ3n) is 2.75. The van der Waals surface area contributed by atoms with E-state index in [2.05, 4.69) is 0 Å². The van der Waals surface area contributed by atoms with Crippen molar-refractivity contribution in [1.29, 1.82) is 0 Å². The summed E-state index contributed by atoms with van der Waals surface area (Å²) in [6.07, 6.45) is 0.510. The van der Waals surface area contributed by atoms with E-state index in [4.69, 9.17) is 9.88 Å². The molecule has 1 saturated heterocycles. The number of aliphatic hydroxyl groups excluding tert-OH is 1. The lowest BCUT2D eigenvalue weighted by Crippen LogP contribution is -2.42. The predicted octanol–water partition coefficient (Wildman–Crippen LogP) is -0.549. The van der Waals surface area contributed by atoms with E-state index < -0.39 is 21.4 Å². The standard InChI is InChI=1S/C8H17NO4S/c1-6(14(9,11)12)8(10)7-2-4-13-5-3-7/h6-8,10H,2-5H2,1H3,(H2,9,11,12). The van der Waals surface area contributed by atoms with Crippen LogP contribution in [0.25, 0.3) is 0 Å². The van der Waals surface area contributed by atoms with Gasteiger partial charge in [-0.05, 0) is 25.7 Å². The van der Waals surface area contributed by atoms with Gasteiger partial charge >= 0.3 is 0 Å². The smallest absolute Gasteiger partial charge is 0.214 e. The molecule has 1 rings (SSSR count). The second-order valence-electron chi connectivity index (χ2n) is 3.73. The summed E-state index contributed by atoms with van der Waals surface area (Å²) < 4.78 is 27.1. The minimum absolute atomic E-state index is 0.0166. The number of ether oxygens (including phenoxy) is 1. The summed E-state index contributed by atoms with van der Waals surface area (Å²) in [7, 11) is -3.64. The molecule has 0 aliphatic carbocycles. The van der Waals surface area contributed by atoms with Crippen LogP contribution in [0.3, 0.4) is 0 Å². The molecule has 2 unspecified atom stereocenters. The van der Waals surface area contributed by atoms with Crippen molar-refractivity contribution in [1.82, 2.24) is 0 Å². The molecule has 3 N–H and O–H groups in total. The highest BCUT2D eigenvalue weighted by molar-refractivity contribution is 7.89. The van der Waals surface area contributed by atoms with Crippen molar-refractivity contribution < 1.29 is 18.3 Å². The van der Waals surface area contributed by atoms with Gasteiger partial charge < -0.3 is 9.84 Å². The lowest BCUT2D eigenvalue weighted by Gasteiger charge is -2.29. The molecule has 0 spiro atoms. The largest absolute Gasteiger partial charge is 0.391 e. The molecular formula is C8H17NO4S. The highest BCUT2D eigenvalue weighted by Crippen LogP contribution is 2.22. The van der Waals surface area contributed by atoms with Gasteiger partial charge in [0.25, 0.3) is 0 Å². The van der Waals surface area contributed by atoms with E-state index in [1.165, 1.54) is 6.92 Å². The number of nitrogens with two attached hydrogens (primary N) is 1. The van der Waals surface area contributed by atoms with Crippen LogP contribution in [-0.2, 0) is 14.8 Å². The van der Waals surface area contributed by atoms with E-state index in [1.807, 2.05) is 0 Å². The third kappa shape index (κ3) is 2.91. The quantitative estimate of drug-likeness (QED) is 0.672. The van der Waals surface area contributed by atoms with Crippen LogP contribution in [0, 0.1) is 5.92 Å². The Balaban J connectivity index is 2.59. The maximum Gasteiger partial charge on any atom is 0.214 e. The molecular weight excluding hydrogens is 206 g/mol. The van der Waals surface area contributed by atoms with Gasteiger partial charge in [0.15, 0.2) is 0 Å². The molecule has 0 radical (unpaired) electrons. The van der Waals surface area contributed by atoms with Gasteiger partial charge in [-0.1, -0.05) is 0 Å². The number of hydrogen-bond acceptors (Lipinski definition) is 4. The van der Waals surface area contributed by atoms with Crippen molar-refractivity contribution in [2.45, 2.75) is 31.1 Å². The fourth-order valence-electron chi connectivity index (χ4n) is 1.63. The fourth-order valence-corrected chi connectivity index (χ4v) is 2.25. The van der Waals surface area contributed by atoms with Crippen molar-refractivity contribution in [2.24, 2.45) is 11.1 Å². The highest BCUT2D eigenvalue weighted by atomic mass is 32.2. The topological polar surface area (TPSA) is 89.6 Å². The molecule has 1 aliphatic rings. The van der Waals surface area contributed by atoms with Crippen molar-refractivity contribution in [3.8, 4) is 0 Å². The lowest BCUT2D eigenvalue weighted by molar-refractivity contribution is 0.00815. The van der Waals surface area contributed by atoms with Gasteiger partial charge in [0, 0.05) is 13.2 Å². The number of hydrogen-bond donors (Lipinski definition) is 2. The second kappa shape index (κ2) is 4.57. The minimum atomic E-state index is -3.64. The van der Waals surface area contributed by atoms with Gasteiger partial charge in [0.2, 0.25) is 10.0 Å². The van der Waals surface area contributed by atoms with Crippen molar-refractivity contribution in [3.05, 3.63) is 0 Å². The zero-order chi connectivity index (χ0) is 10.8. The van der Waals surface area contributed by atoms with Crippen molar-refractivity contribution >= 4 is 10.0 Å². The first-order chi connectivity index (χ1) is 6.43. The van der Waals surface area contributed by atoms with Crippen LogP contribution in [0.5, 0.6) is 0 Å². The van der Waals surface area contributed by atoms with E-state index in [0.717, 1.165) is 0 Å². The summed E-state index contributed by atoms with van der Waals surface area (Å²) in [5.41, 5.74) is 0. The van der Waals surface area contributed by atoms with Crippen LogP contribution in [0.15, 0.2) is 0 Å². The van der Waals surface area contributed by atoms with Crippen LogP contribution in [-0.4, -0.2) is 38.1 Å². The molecule has 1 aliphatic heterocycles. The monoisotopic (exact) mass is 223 g/mol. The van der Waals surface area contributed by atoms with Crippen LogP contribution in [0.1, 0.15) is 19.8 Å². The fraction of sp³-hybridized carbons (Fsp3) is 1.00. The molecule has 1 heterocycles. The number of primary sulfonamides is 1. The van der Waals surface area contributed by atoms with Crippen LogP contribution < -0.4 is 5.14 Å². The summed E-state index contributed by atoms with van der Waals surface area (Å²) in [4.78, 5) is 0. The van der Waals surface area contributed by atoms with Gasteiger partial charge in [-0.15, -0.1) is 0 Å². The Kier molecular flexibility index (Phi) is 3.88. The Labute approximate surface area is 84.3 Å². The maximum atomic E-state index is 11.0. The molecule has 0 aromatic carbocycles. The Morgan fingerprint density at radius 2 is 1.93 bits per heavy atom. The van der Waals surface area contributed by atoms with Gasteiger partial charge in [-0.2, -0.15) is 0 Å². The zero-order valence-corrected chi connectivity index (χ0v) is 9.03. The Hall–Kier alpha value is -0.170. The molecule has 84 valence electrons. The van der Waals surface area contributed by atoms with Gasteiger partial charge in [-0.25, -0.2) is 13.6 Å². The molecule has 14 heavy (non-hydrogen) atoms. The molecule has 0 aromatic rings. The normalized spacial score (nSPS) is 24.5. The Bertz CT molecular complexity index is 271. The first-order valence-electron chi connectivity index (χ1n) is 4.70. The Morgan fingerprint density at radius 1 is 1.43 bits per heavy atom. The second-order valence-corrected chi connectivity index (χ2v) is 5.66. The van der Waals surface area contributed by atoms with Crippen LogP contribution in [0.4, 0.5) is 0 Å². The summed E-state index contributed by atoms with van der Waals surface area (Å²) >= 11 is 0. The van der Waals surface area contributed by atoms with E-state index in [0.29, 0.717) is 26.1 Å². The van der Waals surface area contributed by atoms with Gasteiger partial charge in [-0.3, -0.25) is 0 Å². The van der Waals surface area contributed by atoms with E-state index >= 15 is 0 Å². The van der Waals surface area contributed by atoms with Gasteiger partial charge in [0.05, 0.1) is 11.4 Å². The average Bonchev–Trinajstić information content (AvgIpc) is 2.15. The highest BCUT2D eigenvalue weighted by Gasteiger charge is 2.32. The third-order valence-corrected chi connectivity index (χ3v) is 4.06. The van der Waals surface area contributed by atoms with Crippen molar-refractivity contribution in [2.75, 3.05) is 13.2 Å². The first-order valence-corrected chi connectivity index (χ1v) is 6.31. The minimum Gasteiger partial charge on any atom is -0.391 e. The van der Waals surface area contributed by atoms with E-state index in [1.54, 1.807) is 0 Å². The number of rotatable bonds is 3. The summed E-state index contributed by atoms with van der Waals surface area (Å²) in [6.45, 7) is 2.60. The summed E-state index contributed by atoms with van der Waals surface area (Å²) in [6, 6.07) is 0. The number of aliphatic hydroxyl groups is 1. The first kappa shape index (κ1) is 11.9. The SMILES string of the molecule is CC(C(O)C1CCOCC1)S(N)(=O)=O. The molecule has 0 aromatic heterocycles. The predicted molar refractivity (Wildman–Crippen MR) is 52.1 cm³/mol. The molecule has 0 bridgehead atoms. The zero-order valence-electron chi connectivity index (χ0n) is 8.22.